The molecule has 1 heterocycles. The summed E-state index contributed by atoms with van der Waals surface area (Å²) in [7, 11) is 1.65. The highest BCUT2D eigenvalue weighted by Crippen LogP contribution is 2.27. The first kappa shape index (κ1) is 22.9. The normalized spacial score (nSPS) is 14.4. The van der Waals surface area contributed by atoms with Crippen LogP contribution in [0.2, 0.25) is 0 Å². The molecule has 1 aliphatic rings. The van der Waals surface area contributed by atoms with Crippen molar-refractivity contribution in [2.24, 2.45) is 0 Å². The van der Waals surface area contributed by atoms with Gasteiger partial charge in [-0.05, 0) is 49.1 Å². The molecule has 0 bridgehead atoms. The molecule has 0 spiro atoms. The minimum Gasteiger partial charge on any atom is -0.489 e. The predicted octanol–water partition coefficient (Wildman–Crippen LogP) is 5.99. The molecule has 0 amide bonds. The molecular formula is C22H33NO2. The average molecular weight is 344 g/mol. The van der Waals surface area contributed by atoms with Crippen LogP contribution in [0.5, 0.6) is 0 Å². The number of allylic oxidation sites excluding steroid dienone is 5. The third-order valence-electron chi connectivity index (χ3n) is 3.37. The molecule has 0 aromatic heterocycles. The molecular weight excluding hydrogens is 310 g/mol. The zero-order valence-corrected chi connectivity index (χ0v) is 16.3. The van der Waals surface area contributed by atoms with Crippen molar-refractivity contribution in [1.29, 1.82) is 0 Å². The van der Waals surface area contributed by atoms with E-state index in [1.54, 1.807) is 13.1 Å². The average Bonchev–Trinajstić information content (AvgIpc) is 2.83. The number of hydroxylamine groups is 2. The van der Waals surface area contributed by atoms with E-state index < -0.39 is 0 Å². The fourth-order valence-electron chi connectivity index (χ4n) is 2.06. The minimum atomic E-state index is 0.561. The molecule has 0 saturated heterocycles. The Morgan fingerprint density at radius 1 is 1.20 bits per heavy atom. The molecule has 1 aromatic rings. The molecule has 0 saturated carbocycles. The fourth-order valence-corrected chi connectivity index (χ4v) is 2.06. The van der Waals surface area contributed by atoms with Crippen LogP contribution in [0, 0.1) is 0 Å². The van der Waals surface area contributed by atoms with Gasteiger partial charge < -0.3 is 9.94 Å². The summed E-state index contributed by atoms with van der Waals surface area (Å²) < 4.78 is 5.68. The van der Waals surface area contributed by atoms with E-state index >= 15 is 0 Å². The van der Waals surface area contributed by atoms with Gasteiger partial charge in [0.2, 0.25) is 0 Å². The zero-order chi connectivity index (χ0) is 19.1. The second-order valence-electron chi connectivity index (χ2n) is 5.19. The van der Waals surface area contributed by atoms with Crippen molar-refractivity contribution in [3.05, 3.63) is 78.1 Å². The molecule has 1 N–H and O–H groups in total. The van der Waals surface area contributed by atoms with Crippen LogP contribution in [0.4, 0.5) is 0 Å². The summed E-state index contributed by atoms with van der Waals surface area (Å²) >= 11 is 0. The molecule has 1 aliphatic heterocycles. The second kappa shape index (κ2) is 14.3. The lowest BCUT2D eigenvalue weighted by atomic mass is 9.99. The lowest BCUT2D eigenvalue weighted by Gasteiger charge is -2.08. The molecule has 0 aliphatic carbocycles. The van der Waals surface area contributed by atoms with Gasteiger partial charge in [-0.25, -0.2) is 0 Å². The van der Waals surface area contributed by atoms with E-state index in [0.29, 0.717) is 13.2 Å². The van der Waals surface area contributed by atoms with Crippen molar-refractivity contribution in [2.75, 3.05) is 13.6 Å². The topological polar surface area (TPSA) is 32.7 Å². The zero-order valence-electron chi connectivity index (χ0n) is 16.3. The first-order chi connectivity index (χ1) is 12.1. The molecule has 3 heteroatoms. The molecule has 138 valence electrons. The van der Waals surface area contributed by atoms with Crippen LogP contribution in [0.15, 0.2) is 67.0 Å². The van der Waals surface area contributed by atoms with E-state index in [4.69, 9.17) is 4.74 Å². The Kier molecular flexibility index (Phi) is 13.1. The molecule has 3 nitrogen and oxygen atoms in total. The van der Waals surface area contributed by atoms with Crippen LogP contribution < -0.4 is 0 Å². The predicted molar refractivity (Wildman–Crippen MR) is 108 cm³/mol. The van der Waals surface area contributed by atoms with Crippen molar-refractivity contribution in [2.45, 2.75) is 40.7 Å². The van der Waals surface area contributed by atoms with Gasteiger partial charge in [-0.2, -0.15) is 5.06 Å². The minimum absolute atomic E-state index is 0.561. The van der Waals surface area contributed by atoms with E-state index in [1.165, 1.54) is 16.2 Å². The largest absolute Gasteiger partial charge is 0.489 e. The van der Waals surface area contributed by atoms with Gasteiger partial charge in [0.25, 0.3) is 0 Å². The highest BCUT2D eigenvalue weighted by Gasteiger charge is 2.11. The molecule has 0 fully saturated rings. The van der Waals surface area contributed by atoms with Crippen molar-refractivity contribution in [3.8, 4) is 0 Å². The number of nitrogens with zero attached hydrogens (tertiary/aromatic N) is 1. The number of hydrogen-bond donors (Lipinski definition) is 1. The van der Waals surface area contributed by atoms with Gasteiger partial charge in [0.05, 0.1) is 0 Å². The third-order valence-corrected chi connectivity index (χ3v) is 3.37. The Morgan fingerprint density at radius 3 is 2.40 bits per heavy atom. The SMILES string of the molecule is C/C=C\C.C=CC1=C/C(=C\CCN(C)O)c2ccccc2CO1.CC. The Bertz CT molecular complexity index is 579. The van der Waals surface area contributed by atoms with Gasteiger partial charge >= 0.3 is 0 Å². The van der Waals surface area contributed by atoms with E-state index in [0.717, 1.165) is 17.8 Å². The van der Waals surface area contributed by atoms with Gasteiger partial charge in [-0.15, -0.1) is 0 Å². The number of fused-ring (bicyclic) bond motifs is 1. The molecule has 0 atom stereocenters. The van der Waals surface area contributed by atoms with Crippen molar-refractivity contribution >= 4 is 5.57 Å². The highest BCUT2D eigenvalue weighted by molar-refractivity contribution is 5.77. The van der Waals surface area contributed by atoms with Gasteiger partial charge in [0.15, 0.2) is 0 Å². The first-order valence-corrected chi connectivity index (χ1v) is 8.85. The number of rotatable bonds is 4. The number of hydrogen-bond acceptors (Lipinski definition) is 3. The van der Waals surface area contributed by atoms with Gasteiger partial charge in [-0.1, -0.05) is 62.9 Å². The second-order valence-corrected chi connectivity index (χ2v) is 5.19. The molecule has 25 heavy (non-hydrogen) atoms. The maximum absolute atomic E-state index is 9.18. The summed E-state index contributed by atoms with van der Waals surface area (Å²) in [6.45, 7) is 12.9. The van der Waals surface area contributed by atoms with E-state index in [1.807, 2.05) is 58.1 Å². The monoisotopic (exact) mass is 343 g/mol. The Balaban J connectivity index is 0.000000845. The van der Waals surface area contributed by atoms with E-state index in [2.05, 4.69) is 24.8 Å². The quantitative estimate of drug-likeness (QED) is 0.538. The van der Waals surface area contributed by atoms with Crippen LogP contribution in [0.25, 0.3) is 5.57 Å². The van der Waals surface area contributed by atoms with E-state index in [-0.39, 0.29) is 0 Å². The Morgan fingerprint density at radius 2 is 1.84 bits per heavy atom. The summed E-state index contributed by atoms with van der Waals surface area (Å²) in [4.78, 5) is 0. The highest BCUT2D eigenvalue weighted by atomic mass is 16.5. The molecule has 2 rings (SSSR count). The maximum atomic E-state index is 9.18. The van der Waals surface area contributed by atoms with Gasteiger partial charge in [0.1, 0.15) is 12.4 Å². The lowest BCUT2D eigenvalue weighted by Crippen LogP contribution is -2.13. The summed E-state index contributed by atoms with van der Waals surface area (Å²) in [6.07, 6.45) is 10.6. The molecule has 1 aromatic carbocycles. The van der Waals surface area contributed by atoms with Crippen molar-refractivity contribution in [1.82, 2.24) is 5.06 Å². The van der Waals surface area contributed by atoms with Gasteiger partial charge in [-0.3, -0.25) is 0 Å². The van der Waals surface area contributed by atoms with Crippen molar-refractivity contribution < 1.29 is 9.94 Å². The number of ether oxygens (including phenoxy) is 1. The molecule has 0 unspecified atom stereocenters. The standard InChI is InChI=1S/C16H19NO2.C4H8.C2H6/c1-3-15-11-13(8-6-10-17(2)18)16-9-5-4-7-14(16)12-19-15;1-3-4-2;1-2/h3-5,7-9,11,18H,1,6,10,12H2,2H3;3-4H,1-2H3;1-2H3/b13-8+;4-3-;. The van der Waals surface area contributed by atoms with Gasteiger partial charge in [0, 0.05) is 13.6 Å². The Labute approximate surface area is 153 Å². The molecule has 0 radical (unpaired) electrons. The van der Waals surface area contributed by atoms with Crippen LogP contribution in [0.1, 0.15) is 45.2 Å². The summed E-state index contributed by atoms with van der Waals surface area (Å²) in [5, 5.41) is 10.4. The van der Waals surface area contributed by atoms with Crippen LogP contribution in [-0.2, 0) is 11.3 Å². The van der Waals surface area contributed by atoms with E-state index in [9.17, 15) is 5.21 Å². The maximum Gasteiger partial charge on any atom is 0.119 e. The summed E-state index contributed by atoms with van der Waals surface area (Å²) in [5.74, 6) is 0.778. The van der Waals surface area contributed by atoms with Crippen LogP contribution in [-0.4, -0.2) is 23.9 Å². The third kappa shape index (κ3) is 9.08. The van der Waals surface area contributed by atoms with Crippen LogP contribution in [0.3, 0.4) is 0 Å². The fraction of sp³-hybridized carbons (Fsp3) is 0.364. The summed E-state index contributed by atoms with van der Waals surface area (Å²) in [5.41, 5.74) is 3.46. The van der Waals surface area contributed by atoms with Crippen molar-refractivity contribution in [3.63, 3.8) is 0 Å². The summed E-state index contributed by atoms with van der Waals surface area (Å²) in [6, 6.07) is 8.20. The van der Waals surface area contributed by atoms with Crippen LogP contribution >= 0.6 is 0 Å². The Hall–Kier alpha value is -2.10. The first-order valence-electron chi connectivity index (χ1n) is 8.85. The smallest absolute Gasteiger partial charge is 0.119 e. The number of benzene rings is 1. The lowest BCUT2D eigenvalue weighted by molar-refractivity contribution is -0.0628.